The third-order valence-electron chi connectivity index (χ3n) is 2.90. The molecule has 0 saturated heterocycles. The number of phenolic OH excluding ortho intramolecular Hbond substituents is 1. The molecule has 7 heteroatoms. The van der Waals surface area contributed by atoms with E-state index >= 15 is 0 Å². The van der Waals surface area contributed by atoms with Gasteiger partial charge in [-0.25, -0.2) is 9.37 Å². The van der Waals surface area contributed by atoms with Gasteiger partial charge in [0.25, 0.3) is 0 Å². The van der Waals surface area contributed by atoms with Crippen LogP contribution in [0.1, 0.15) is 22.9 Å². The third kappa shape index (κ3) is 3.35. The molecule has 3 N–H and O–H groups in total. The third-order valence-corrected chi connectivity index (χ3v) is 3.90. The highest BCUT2D eigenvalue weighted by atomic mass is 35.5. The molecule has 2 aromatic rings. The molecule has 22 heavy (non-hydrogen) atoms. The van der Waals surface area contributed by atoms with Crippen molar-refractivity contribution in [2.24, 2.45) is 15.7 Å². The van der Waals surface area contributed by atoms with Gasteiger partial charge in [-0.2, -0.15) is 0 Å². The van der Waals surface area contributed by atoms with Gasteiger partial charge >= 0.3 is 0 Å². The van der Waals surface area contributed by atoms with Crippen LogP contribution in [0.25, 0.3) is 11.4 Å². The Kier molecular flexibility index (Phi) is 4.95. The maximum absolute atomic E-state index is 9.56. The normalized spacial score (nSPS) is 13.0. The summed E-state index contributed by atoms with van der Waals surface area (Å²) in [4.78, 5) is 9.46. The van der Waals surface area contributed by atoms with Crippen LogP contribution in [-0.4, -0.2) is 22.0 Å². The lowest BCUT2D eigenvalue weighted by atomic mass is 10.1. The van der Waals surface area contributed by atoms with Gasteiger partial charge in [-0.05, 0) is 50.3 Å². The van der Waals surface area contributed by atoms with Crippen molar-refractivity contribution in [2.75, 3.05) is 0 Å². The van der Waals surface area contributed by atoms with Crippen molar-refractivity contribution in [1.82, 2.24) is 4.37 Å². The number of aromatic hydroxyl groups is 1. The number of amidine groups is 1. The summed E-state index contributed by atoms with van der Waals surface area (Å²) < 4.78 is 4.16. The molecule has 0 amide bonds. The van der Waals surface area contributed by atoms with Crippen molar-refractivity contribution in [2.45, 2.75) is 13.8 Å². The Morgan fingerprint density at radius 3 is 2.64 bits per heavy atom. The Morgan fingerprint density at radius 1 is 1.41 bits per heavy atom. The number of phenols is 1. The molecule has 0 saturated carbocycles. The van der Waals surface area contributed by atoms with Gasteiger partial charge in [-0.15, -0.1) is 0 Å². The molecule has 0 aliphatic heterocycles. The van der Waals surface area contributed by atoms with Crippen LogP contribution in [0.3, 0.4) is 0 Å². The van der Waals surface area contributed by atoms with Crippen molar-refractivity contribution < 1.29 is 5.11 Å². The minimum atomic E-state index is 0.00210. The first kappa shape index (κ1) is 16.2. The van der Waals surface area contributed by atoms with Crippen molar-refractivity contribution in [3.8, 4) is 5.75 Å². The molecule has 0 atom stereocenters. The first-order valence-electron chi connectivity index (χ1n) is 6.36. The van der Waals surface area contributed by atoms with Gasteiger partial charge in [-0.1, -0.05) is 11.6 Å². The average Bonchev–Trinajstić information content (AvgIpc) is 2.88. The summed E-state index contributed by atoms with van der Waals surface area (Å²) in [5.41, 5.74) is 8.36. The van der Waals surface area contributed by atoms with Gasteiger partial charge in [0.1, 0.15) is 11.4 Å². The molecule has 0 fully saturated rings. The summed E-state index contributed by atoms with van der Waals surface area (Å²) in [7, 11) is 0. The molecule has 1 aromatic carbocycles. The number of aromatic nitrogens is 1. The van der Waals surface area contributed by atoms with E-state index in [4.69, 9.17) is 17.3 Å². The number of nitrogens with two attached hydrogens (primary N) is 1. The van der Waals surface area contributed by atoms with Gasteiger partial charge in [0.2, 0.25) is 0 Å². The maximum atomic E-state index is 9.56. The summed E-state index contributed by atoms with van der Waals surface area (Å²) in [6.07, 6.45) is 1.72. The van der Waals surface area contributed by atoms with Crippen LogP contribution < -0.4 is 5.73 Å². The van der Waals surface area contributed by atoms with E-state index in [1.165, 1.54) is 17.6 Å². The molecule has 0 radical (unpaired) electrons. The lowest BCUT2D eigenvalue weighted by molar-refractivity contribution is 0.475. The van der Waals surface area contributed by atoms with Crippen molar-refractivity contribution in [1.29, 1.82) is 0 Å². The smallest absolute Gasteiger partial charge is 0.134 e. The fourth-order valence-electron chi connectivity index (χ4n) is 1.90. The molecular formula is C15H15ClN4OS. The van der Waals surface area contributed by atoms with Gasteiger partial charge in [-0.3, -0.25) is 4.99 Å². The second-order valence-corrected chi connectivity index (χ2v) is 5.98. The highest BCUT2D eigenvalue weighted by Crippen LogP contribution is 2.34. The number of aliphatic imine (C=N–C) groups is 2. The Labute approximate surface area is 137 Å². The Bertz CT molecular complexity index is 776. The zero-order valence-electron chi connectivity index (χ0n) is 12.2. The number of hydrogen-bond donors (Lipinski definition) is 2. The predicted molar refractivity (Wildman–Crippen MR) is 93.6 cm³/mol. The number of rotatable bonds is 4. The Morgan fingerprint density at radius 2 is 2.14 bits per heavy atom. The van der Waals surface area contributed by atoms with Gasteiger partial charge in [0.05, 0.1) is 22.8 Å². The number of hydrogen-bond acceptors (Lipinski definition) is 5. The summed E-state index contributed by atoms with van der Waals surface area (Å²) in [5.74, 6) is 0.397. The van der Waals surface area contributed by atoms with E-state index in [0.29, 0.717) is 22.8 Å². The monoisotopic (exact) mass is 334 g/mol. The molecule has 1 aromatic heterocycles. The van der Waals surface area contributed by atoms with Crippen molar-refractivity contribution in [3.05, 3.63) is 45.4 Å². The minimum absolute atomic E-state index is 0.00210. The minimum Gasteiger partial charge on any atom is -0.506 e. The molecule has 0 spiro atoms. The average molecular weight is 335 g/mol. The first-order chi connectivity index (χ1) is 10.4. The molecule has 2 rings (SSSR count). The number of halogens is 1. The zero-order chi connectivity index (χ0) is 16.3. The topological polar surface area (TPSA) is 83.9 Å². The Balaban J connectivity index is 2.74. The molecule has 0 bridgehead atoms. The molecule has 0 aliphatic rings. The second-order valence-electron chi connectivity index (χ2n) is 4.57. The SMILES string of the molecule is C=N/C(=C(\N=C(/C)N)c1cnsc1C)c1ccc(O)c(Cl)c1. The van der Waals surface area contributed by atoms with Crippen LogP contribution >= 0.6 is 23.1 Å². The largest absolute Gasteiger partial charge is 0.506 e. The summed E-state index contributed by atoms with van der Waals surface area (Å²) in [6, 6.07) is 4.80. The van der Waals surface area contributed by atoms with Crippen LogP contribution in [-0.2, 0) is 0 Å². The molecule has 0 aliphatic carbocycles. The van der Waals surface area contributed by atoms with E-state index in [-0.39, 0.29) is 10.8 Å². The van der Waals surface area contributed by atoms with E-state index in [9.17, 15) is 5.11 Å². The van der Waals surface area contributed by atoms with Crippen molar-refractivity contribution in [3.63, 3.8) is 0 Å². The van der Waals surface area contributed by atoms with Crippen molar-refractivity contribution >= 4 is 47.1 Å². The van der Waals surface area contributed by atoms with Crippen LogP contribution in [0.2, 0.25) is 5.02 Å². The summed E-state index contributed by atoms with van der Waals surface area (Å²) in [6.45, 7) is 7.25. The van der Waals surface area contributed by atoms with Gasteiger partial charge in [0, 0.05) is 16.0 Å². The number of benzene rings is 1. The van der Waals surface area contributed by atoms with E-state index < -0.39 is 0 Å². The van der Waals surface area contributed by atoms with E-state index in [1.54, 1.807) is 25.3 Å². The first-order valence-corrected chi connectivity index (χ1v) is 7.51. The number of aryl methyl sites for hydroxylation is 1. The van der Waals surface area contributed by atoms with Gasteiger partial charge in [0.15, 0.2) is 0 Å². The predicted octanol–water partition coefficient (Wildman–Crippen LogP) is 3.71. The van der Waals surface area contributed by atoms with Crippen LogP contribution in [0.4, 0.5) is 0 Å². The van der Waals surface area contributed by atoms with E-state index in [0.717, 1.165) is 10.4 Å². The highest BCUT2D eigenvalue weighted by molar-refractivity contribution is 7.05. The molecule has 1 heterocycles. The van der Waals surface area contributed by atoms with Crippen LogP contribution in [0.5, 0.6) is 5.75 Å². The standard InChI is InChI=1S/C15H15ClN4OS/c1-8-11(7-19-22-8)15(20-9(2)17)14(18-3)10-4-5-13(21)12(16)6-10/h4-7,21H,3H2,1-2H3,(H2,17,20)/b15-14-. The lowest BCUT2D eigenvalue weighted by Gasteiger charge is -2.09. The molecule has 0 unspecified atom stereocenters. The zero-order valence-corrected chi connectivity index (χ0v) is 13.7. The van der Waals surface area contributed by atoms with Crippen LogP contribution in [0.15, 0.2) is 34.4 Å². The van der Waals surface area contributed by atoms with E-state index in [1.807, 2.05) is 6.92 Å². The number of nitrogens with zero attached hydrogens (tertiary/aromatic N) is 3. The van der Waals surface area contributed by atoms with E-state index in [2.05, 4.69) is 21.1 Å². The fraction of sp³-hybridized carbons (Fsp3) is 0.133. The Hall–Kier alpha value is -2.18. The maximum Gasteiger partial charge on any atom is 0.134 e. The lowest BCUT2D eigenvalue weighted by Crippen LogP contribution is -2.06. The summed E-state index contributed by atoms with van der Waals surface area (Å²) in [5, 5.41) is 9.79. The molecular weight excluding hydrogens is 320 g/mol. The summed E-state index contributed by atoms with van der Waals surface area (Å²) >= 11 is 7.34. The second kappa shape index (κ2) is 6.72. The fourth-order valence-corrected chi connectivity index (χ4v) is 2.64. The highest BCUT2D eigenvalue weighted by Gasteiger charge is 2.15. The van der Waals surface area contributed by atoms with Crippen LogP contribution in [0, 0.1) is 6.92 Å². The quantitative estimate of drug-likeness (QED) is 0.660. The van der Waals surface area contributed by atoms with Gasteiger partial charge < -0.3 is 10.8 Å². The molecule has 114 valence electrons. The molecule has 5 nitrogen and oxygen atoms in total.